The van der Waals surface area contributed by atoms with Crippen molar-refractivity contribution in [3.63, 3.8) is 0 Å². The molecule has 75 heavy (non-hydrogen) atoms. The number of aliphatic hydroxyl groups excluding tert-OH is 1. The van der Waals surface area contributed by atoms with Crippen LogP contribution < -0.4 is 0 Å². The van der Waals surface area contributed by atoms with Crippen LogP contribution in [0.25, 0.3) is 0 Å². The van der Waals surface area contributed by atoms with E-state index in [1.54, 1.807) is 0 Å². The van der Waals surface area contributed by atoms with E-state index in [4.69, 9.17) is 37.0 Å². The molecule has 0 amide bonds. The summed E-state index contributed by atoms with van der Waals surface area (Å²) >= 11 is 0. The van der Waals surface area contributed by atoms with Crippen molar-refractivity contribution in [1.82, 2.24) is 0 Å². The van der Waals surface area contributed by atoms with E-state index in [0.29, 0.717) is 25.7 Å². The molecule has 0 fully saturated rings. The number of unbranched alkanes of at least 4 members (excludes halogenated alkanes) is 28. The molecule has 17 nitrogen and oxygen atoms in total. The predicted molar refractivity (Wildman–Crippen MR) is 294 cm³/mol. The number of phosphoric acid groups is 2. The van der Waals surface area contributed by atoms with Gasteiger partial charge in [-0.1, -0.05) is 221 Å². The van der Waals surface area contributed by atoms with Crippen molar-refractivity contribution in [2.75, 3.05) is 39.6 Å². The lowest BCUT2D eigenvalue weighted by Crippen LogP contribution is -2.30. The normalized spacial score (nSPS) is 14.5. The number of rotatable bonds is 56. The highest BCUT2D eigenvalue weighted by molar-refractivity contribution is 7.47. The van der Waals surface area contributed by atoms with E-state index < -0.39 is 97.5 Å². The summed E-state index contributed by atoms with van der Waals surface area (Å²) in [4.78, 5) is 71.3. The molecule has 0 spiro atoms. The third-order valence-corrected chi connectivity index (χ3v) is 14.7. The molecule has 0 aromatic rings. The van der Waals surface area contributed by atoms with Gasteiger partial charge in [-0.3, -0.25) is 37.3 Å². The third-order valence-electron chi connectivity index (χ3n) is 12.8. The number of hydrogen-bond acceptors (Lipinski definition) is 15. The summed E-state index contributed by atoms with van der Waals surface area (Å²) in [6, 6.07) is 0. The van der Waals surface area contributed by atoms with Gasteiger partial charge in [-0.2, -0.15) is 0 Å². The SMILES string of the molecule is CCCCCCCCCCCCC(=O)OC[C@H](COP(=O)(O)OC[C@@H](O)COP(=O)(O)OC[C@@H](COC(=O)CCCCCCC)OC(=O)CCCCCCC)OC(=O)CCCCCCCCCCCCCCC(C)C. The van der Waals surface area contributed by atoms with Crippen LogP contribution in [0.3, 0.4) is 0 Å². The van der Waals surface area contributed by atoms with Gasteiger partial charge in [0.15, 0.2) is 12.2 Å². The molecule has 0 aliphatic rings. The summed E-state index contributed by atoms with van der Waals surface area (Å²) in [6.07, 6.45) is 31.4. The Morgan fingerprint density at radius 3 is 0.907 bits per heavy atom. The summed E-state index contributed by atoms with van der Waals surface area (Å²) in [5, 5.41) is 10.4. The second-order valence-electron chi connectivity index (χ2n) is 20.8. The lowest BCUT2D eigenvalue weighted by molar-refractivity contribution is -0.161. The summed E-state index contributed by atoms with van der Waals surface area (Å²) < 4.78 is 67.2. The molecule has 444 valence electrons. The molecule has 0 aliphatic heterocycles. The predicted octanol–water partition coefficient (Wildman–Crippen LogP) is 14.7. The molecule has 0 heterocycles. The quantitative estimate of drug-likeness (QED) is 0.0222. The molecule has 5 atom stereocenters. The molecule has 19 heteroatoms. The van der Waals surface area contributed by atoms with Crippen LogP contribution in [0, 0.1) is 5.92 Å². The van der Waals surface area contributed by atoms with E-state index in [1.165, 1.54) is 89.9 Å². The zero-order valence-corrected chi connectivity index (χ0v) is 49.5. The molecule has 0 aromatic heterocycles. The average molecular weight is 1120 g/mol. The first-order chi connectivity index (χ1) is 36.0. The molecule has 0 saturated carbocycles. The number of carbonyl (C=O) groups excluding carboxylic acids is 4. The van der Waals surface area contributed by atoms with E-state index in [2.05, 4.69) is 34.6 Å². The largest absolute Gasteiger partial charge is 0.472 e. The number of ether oxygens (including phenoxy) is 4. The van der Waals surface area contributed by atoms with Crippen LogP contribution in [-0.4, -0.2) is 96.7 Å². The summed E-state index contributed by atoms with van der Waals surface area (Å²) in [6.45, 7) is 6.95. The molecule has 0 saturated heterocycles. The van der Waals surface area contributed by atoms with Crippen molar-refractivity contribution in [3.05, 3.63) is 0 Å². The number of carbonyl (C=O) groups is 4. The van der Waals surface area contributed by atoms with Gasteiger partial charge in [-0.15, -0.1) is 0 Å². The maximum atomic E-state index is 12.9. The second kappa shape index (κ2) is 50.3. The minimum atomic E-state index is -4.93. The highest BCUT2D eigenvalue weighted by Gasteiger charge is 2.30. The Balaban J connectivity index is 5.12. The summed E-state index contributed by atoms with van der Waals surface area (Å²) in [5.74, 6) is -1.39. The first-order valence-corrected chi connectivity index (χ1v) is 32.6. The van der Waals surface area contributed by atoms with Gasteiger partial charge in [0.1, 0.15) is 19.3 Å². The molecule has 0 bridgehead atoms. The molecule has 3 N–H and O–H groups in total. The monoisotopic (exact) mass is 1110 g/mol. The Morgan fingerprint density at radius 2 is 0.613 bits per heavy atom. The molecule has 0 aromatic carbocycles. The smallest absolute Gasteiger partial charge is 0.462 e. The zero-order chi connectivity index (χ0) is 55.7. The van der Waals surface area contributed by atoms with Gasteiger partial charge < -0.3 is 33.8 Å². The van der Waals surface area contributed by atoms with Gasteiger partial charge in [-0.05, 0) is 31.6 Å². The highest BCUT2D eigenvalue weighted by Crippen LogP contribution is 2.45. The molecular formula is C56H108O17P2. The fourth-order valence-corrected chi connectivity index (χ4v) is 9.75. The van der Waals surface area contributed by atoms with Crippen molar-refractivity contribution in [2.45, 2.75) is 291 Å². The standard InChI is InChI=1S/C56H108O17P2/c1-6-9-12-15-16-17-23-26-31-35-40-54(59)67-46-52(73-56(61)42-37-32-27-24-21-19-18-20-22-25-30-33-38-49(4)5)48-71-75(64,65)69-44-50(57)43-68-74(62,63)70-47-51(72-55(60)41-36-29-14-11-8-3)45-66-53(58)39-34-28-13-10-7-2/h49-52,57H,6-48H2,1-5H3,(H,62,63)(H,64,65)/t50-,51+,52+/m0/s1. The van der Waals surface area contributed by atoms with Gasteiger partial charge in [0.2, 0.25) is 0 Å². The Labute approximate surface area is 454 Å². The minimum Gasteiger partial charge on any atom is -0.462 e. The van der Waals surface area contributed by atoms with E-state index >= 15 is 0 Å². The number of aliphatic hydroxyl groups is 1. The first kappa shape index (κ1) is 73.1. The zero-order valence-electron chi connectivity index (χ0n) is 47.7. The van der Waals surface area contributed by atoms with Crippen molar-refractivity contribution < 1.29 is 80.2 Å². The molecule has 0 aliphatic carbocycles. The molecule has 2 unspecified atom stereocenters. The number of hydrogen-bond donors (Lipinski definition) is 3. The number of esters is 4. The fraction of sp³-hybridized carbons (Fsp3) is 0.929. The maximum Gasteiger partial charge on any atom is 0.472 e. The van der Waals surface area contributed by atoms with Gasteiger partial charge >= 0.3 is 39.5 Å². The van der Waals surface area contributed by atoms with Crippen molar-refractivity contribution in [2.24, 2.45) is 5.92 Å². The Hall–Kier alpha value is -1.94. The van der Waals surface area contributed by atoms with Gasteiger partial charge in [0.05, 0.1) is 26.4 Å². The van der Waals surface area contributed by atoms with Crippen molar-refractivity contribution in [3.8, 4) is 0 Å². The Bertz CT molecular complexity index is 1480. The van der Waals surface area contributed by atoms with Crippen LogP contribution in [0.1, 0.15) is 272 Å². The Morgan fingerprint density at radius 1 is 0.360 bits per heavy atom. The maximum absolute atomic E-state index is 12.9. The van der Waals surface area contributed by atoms with Gasteiger partial charge in [0, 0.05) is 25.7 Å². The van der Waals surface area contributed by atoms with Gasteiger partial charge in [0.25, 0.3) is 0 Å². The third kappa shape index (κ3) is 51.3. The van der Waals surface area contributed by atoms with E-state index in [1.807, 2.05) is 0 Å². The van der Waals surface area contributed by atoms with Crippen LogP contribution >= 0.6 is 15.6 Å². The lowest BCUT2D eigenvalue weighted by atomic mass is 10.0. The van der Waals surface area contributed by atoms with Crippen molar-refractivity contribution >= 4 is 39.5 Å². The van der Waals surface area contributed by atoms with E-state index in [0.717, 1.165) is 102 Å². The first-order valence-electron chi connectivity index (χ1n) is 29.6. The second-order valence-corrected chi connectivity index (χ2v) is 23.7. The average Bonchev–Trinajstić information content (AvgIpc) is 3.37. The summed E-state index contributed by atoms with van der Waals surface area (Å²) in [7, 11) is -9.85. The highest BCUT2D eigenvalue weighted by atomic mass is 31.2. The minimum absolute atomic E-state index is 0.0987. The Kier molecular flexibility index (Phi) is 49.0. The van der Waals surface area contributed by atoms with E-state index in [9.17, 15) is 43.2 Å². The van der Waals surface area contributed by atoms with Crippen LogP contribution in [0.2, 0.25) is 0 Å². The number of phosphoric ester groups is 2. The van der Waals surface area contributed by atoms with Crippen LogP contribution in [0.5, 0.6) is 0 Å². The lowest BCUT2D eigenvalue weighted by Gasteiger charge is -2.21. The van der Waals surface area contributed by atoms with Crippen LogP contribution in [0.4, 0.5) is 0 Å². The molecular weight excluding hydrogens is 1010 g/mol. The van der Waals surface area contributed by atoms with Crippen LogP contribution in [0.15, 0.2) is 0 Å². The van der Waals surface area contributed by atoms with Crippen molar-refractivity contribution in [1.29, 1.82) is 0 Å². The van der Waals surface area contributed by atoms with Gasteiger partial charge in [-0.25, -0.2) is 9.13 Å². The fourth-order valence-electron chi connectivity index (χ4n) is 8.17. The molecule has 0 radical (unpaired) electrons. The topological polar surface area (TPSA) is 237 Å². The van der Waals surface area contributed by atoms with Crippen LogP contribution in [-0.2, 0) is 65.4 Å². The van der Waals surface area contributed by atoms with E-state index in [-0.39, 0.29) is 25.7 Å². The molecule has 0 rings (SSSR count). The summed E-state index contributed by atoms with van der Waals surface area (Å²) in [5.41, 5.74) is 0.